The molecule has 0 unspecified atom stereocenters. The largest absolute Gasteiger partial charge is 0.451 e. The third-order valence-electron chi connectivity index (χ3n) is 6.80. The van der Waals surface area contributed by atoms with Crippen LogP contribution in [0.25, 0.3) is 0 Å². The number of urea groups is 1. The summed E-state index contributed by atoms with van der Waals surface area (Å²) in [5.41, 5.74) is 3.80. The molecule has 218 valence electrons. The average Bonchev–Trinajstić information content (AvgIpc) is 3.12. The zero-order chi connectivity index (χ0) is 29.0. The number of rotatable bonds is 9. The SMILES string of the molecule is C=C/C=C\C=C1\CCN(C2CCN(OCC(=O)N=C=C=CN3CCN(CC(=O)C(F)(F)F)CC3)CC2)C(=O)NC1. The smallest absolute Gasteiger partial charge is 0.368 e. The number of carbonyl (C=O) groups excluding carboxylic acids is 3. The fourth-order valence-electron chi connectivity index (χ4n) is 4.53. The monoisotopic (exact) mass is 564 g/mol. The molecule has 3 rings (SSSR count). The molecule has 0 saturated carbocycles. The Morgan fingerprint density at radius 3 is 2.50 bits per heavy atom. The minimum Gasteiger partial charge on any atom is -0.368 e. The number of alkyl halides is 3. The first-order valence-corrected chi connectivity index (χ1v) is 13.2. The van der Waals surface area contributed by atoms with Gasteiger partial charge >= 0.3 is 12.2 Å². The lowest BCUT2D eigenvalue weighted by Gasteiger charge is -2.37. The number of amides is 3. The highest BCUT2D eigenvalue weighted by Gasteiger charge is 2.39. The molecule has 0 aromatic carbocycles. The number of halogens is 3. The summed E-state index contributed by atoms with van der Waals surface area (Å²) in [6.45, 7) is 6.50. The van der Waals surface area contributed by atoms with Crippen molar-refractivity contribution < 1.29 is 32.4 Å². The van der Waals surface area contributed by atoms with Gasteiger partial charge in [-0.3, -0.25) is 19.3 Å². The van der Waals surface area contributed by atoms with E-state index in [9.17, 15) is 27.6 Å². The summed E-state index contributed by atoms with van der Waals surface area (Å²) in [6.07, 6.45) is 6.42. The minimum absolute atomic E-state index is 0.0711. The Morgan fingerprint density at radius 2 is 1.82 bits per heavy atom. The quantitative estimate of drug-likeness (QED) is 0.260. The molecule has 0 aliphatic carbocycles. The van der Waals surface area contributed by atoms with Gasteiger partial charge in [-0.2, -0.15) is 23.2 Å². The number of hydroxylamine groups is 2. The maximum absolute atomic E-state index is 12.6. The van der Waals surface area contributed by atoms with Crippen LogP contribution >= 0.6 is 0 Å². The van der Waals surface area contributed by atoms with E-state index < -0.39 is 24.4 Å². The van der Waals surface area contributed by atoms with Crippen molar-refractivity contribution in [3.8, 4) is 0 Å². The van der Waals surface area contributed by atoms with E-state index in [-0.39, 0.29) is 18.7 Å². The molecule has 10 nitrogen and oxygen atoms in total. The van der Waals surface area contributed by atoms with Gasteiger partial charge in [-0.1, -0.05) is 30.9 Å². The van der Waals surface area contributed by atoms with Gasteiger partial charge in [0.05, 0.1) is 12.7 Å². The maximum atomic E-state index is 12.6. The number of allylic oxidation sites excluding steroid dienone is 4. The Kier molecular flexibility index (Phi) is 11.9. The van der Waals surface area contributed by atoms with E-state index in [1.165, 1.54) is 11.1 Å². The number of piperazine rings is 1. The Hall–Kier alpha value is -3.47. The molecule has 13 heteroatoms. The summed E-state index contributed by atoms with van der Waals surface area (Å²) in [6, 6.07) is 0.0231. The van der Waals surface area contributed by atoms with Crippen molar-refractivity contribution in [2.24, 2.45) is 4.99 Å². The van der Waals surface area contributed by atoms with Gasteiger partial charge in [-0.25, -0.2) is 4.79 Å². The van der Waals surface area contributed by atoms with Crippen LogP contribution in [-0.2, 0) is 14.4 Å². The number of piperidine rings is 1. The van der Waals surface area contributed by atoms with Gasteiger partial charge < -0.3 is 15.1 Å². The lowest BCUT2D eigenvalue weighted by molar-refractivity contribution is -0.178. The van der Waals surface area contributed by atoms with Gasteiger partial charge in [0.15, 0.2) is 6.61 Å². The molecule has 3 saturated heterocycles. The summed E-state index contributed by atoms with van der Waals surface area (Å²) in [4.78, 5) is 50.0. The molecule has 0 aromatic heterocycles. The summed E-state index contributed by atoms with van der Waals surface area (Å²) < 4.78 is 37.2. The van der Waals surface area contributed by atoms with E-state index in [1.54, 1.807) is 16.0 Å². The fraction of sp³-hybridized carbons (Fsp3) is 0.556. The van der Waals surface area contributed by atoms with Crippen molar-refractivity contribution in [3.63, 3.8) is 0 Å². The van der Waals surface area contributed by atoms with Gasteiger partial charge in [0.25, 0.3) is 5.91 Å². The Labute approximate surface area is 231 Å². The normalized spacial score (nSPS) is 21.0. The van der Waals surface area contributed by atoms with Crippen LogP contribution in [0.4, 0.5) is 18.0 Å². The number of carbonyl (C=O) groups is 3. The Balaban J connectivity index is 1.35. The van der Waals surface area contributed by atoms with E-state index in [2.05, 4.69) is 28.5 Å². The molecular formula is C27H35F3N6O4. The lowest BCUT2D eigenvalue weighted by Crippen LogP contribution is -2.50. The summed E-state index contributed by atoms with van der Waals surface area (Å²) in [7, 11) is 0. The van der Waals surface area contributed by atoms with E-state index in [4.69, 9.17) is 4.84 Å². The molecular weight excluding hydrogens is 529 g/mol. The number of hydrogen-bond acceptors (Lipinski definition) is 7. The summed E-state index contributed by atoms with van der Waals surface area (Å²) >= 11 is 0. The summed E-state index contributed by atoms with van der Waals surface area (Å²) in [5.74, 6) is 0.129. The molecule has 3 heterocycles. The van der Waals surface area contributed by atoms with Gasteiger partial charge in [0.2, 0.25) is 5.78 Å². The highest BCUT2D eigenvalue weighted by Crippen LogP contribution is 2.20. The van der Waals surface area contributed by atoms with Crippen LogP contribution < -0.4 is 5.32 Å². The van der Waals surface area contributed by atoms with Crippen LogP contribution in [0.15, 0.2) is 53.4 Å². The molecule has 3 amide bonds. The molecule has 1 N–H and O–H groups in total. The molecule has 3 fully saturated rings. The molecule has 0 atom stereocenters. The van der Waals surface area contributed by atoms with Crippen LogP contribution in [0.1, 0.15) is 19.3 Å². The zero-order valence-corrected chi connectivity index (χ0v) is 22.4. The predicted molar refractivity (Wildman–Crippen MR) is 142 cm³/mol. The standard InChI is InChI=1S/C27H35F3N6O4/c1-2-3-4-6-22-7-14-36(26(39)32-19-22)23-8-12-35(13-9-23)40-21-25(38)31-10-5-11-33-15-17-34(18-16-33)20-24(37)27(28,29)30/h2-4,6,11,23H,1,7-9,12-21H2,(H,32,39)/b4-3-,22-6-. The van der Waals surface area contributed by atoms with Crippen molar-refractivity contribution in [2.45, 2.75) is 31.5 Å². The second kappa shape index (κ2) is 15.4. The maximum Gasteiger partial charge on any atom is 0.451 e. The lowest BCUT2D eigenvalue weighted by atomic mass is 10.0. The molecule has 40 heavy (non-hydrogen) atoms. The van der Waals surface area contributed by atoms with Crippen molar-refractivity contribution in [1.29, 1.82) is 0 Å². The second-order valence-corrected chi connectivity index (χ2v) is 9.61. The third kappa shape index (κ3) is 10.3. The topological polar surface area (TPSA) is 97.8 Å². The molecule has 3 aliphatic heterocycles. The first-order chi connectivity index (χ1) is 19.2. The van der Waals surface area contributed by atoms with E-state index in [1.807, 2.05) is 23.1 Å². The average molecular weight is 565 g/mol. The molecule has 0 radical (unpaired) electrons. The van der Waals surface area contributed by atoms with Crippen molar-refractivity contribution in [1.82, 2.24) is 25.1 Å². The Morgan fingerprint density at radius 1 is 1.10 bits per heavy atom. The number of nitrogens with zero attached hydrogens (tertiary/aromatic N) is 5. The van der Waals surface area contributed by atoms with Gasteiger partial charge in [0.1, 0.15) is 0 Å². The second-order valence-electron chi connectivity index (χ2n) is 9.61. The molecule has 0 aromatic rings. The number of nitrogens with one attached hydrogen (secondary N) is 1. The fourth-order valence-corrected chi connectivity index (χ4v) is 4.53. The molecule has 0 bridgehead atoms. The summed E-state index contributed by atoms with van der Waals surface area (Å²) in [5, 5.41) is 4.67. The van der Waals surface area contributed by atoms with Crippen LogP contribution in [0.3, 0.4) is 0 Å². The number of Topliss-reactive ketones (excluding diaryl/α,β-unsaturated/α-hetero) is 1. The van der Waals surface area contributed by atoms with Crippen LogP contribution in [0.5, 0.6) is 0 Å². The van der Waals surface area contributed by atoms with Crippen molar-refractivity contribution in [2.75, 3.05) is 65.5 Å². The van der Waals surface area contributed by atoms with Crippen LogP contribution in [0.2, 0.25) is 0 Å². The highest BCUT2D eigenvalue weighted by molar-refractivity contribution is 5.86. The number of hydrogen-bond donors (Lipinski definition) is 1. The number of aliphatic imine (C=N–C) groups is 1. The van der Waals surface area contributed by atoms with Crippen LogP contribution in [-0.4, -0.2) is 121 Å². The van der Waals surface area contributed by atoms with Gasteiger partial charge in [0, 0.05) is 64.3 Å². The van der Waals surface area contributed by atoms with Gasteiger partial charge in [-0.15, -0.1) is 0 Å². The van der Waals surface area contributed by atoms with Crippen molar-refractivity contribution >= 4 is 23.6 Å². The molecule has 0 spiro atoms. The minimum atomic E-state index is -4.82. The highest BCUT2D eigenvalue weighted by atomic mass is 19.4. The van der Waals surface area contributed by atoms with Crippen molar-refractivity contribution in [3.05, 3.63) is 48.4 Å². The first-order valence-electron chi connectivity index (χ1n) is 13.2. The molecule has 3 aliphatic rings. The third-order valence-corrected chi connectivity index (χ3v) is 6.80. The first kappa shape index (κ1) is 31.1. The van der Waals surface area contributed by atoms with E-state index >= 15 is 0 Å². The van der Waals surface area contributed by atoms with E-state index in [0.717, 1.165) is 24.8 Å². The predicted octanol–water partition coefficient (Wildman–Crippen LogP) is 2.08. The van der Waals surface area contributed by atoms with Gasteiger partial charge in [-0.05, 0) is 30.6 Å². The zero-order valence-electron chi connectivity index (χ0n) is 22.4. The number of ketones is 1. The Bertz CT molecular complexity index is 1080. The van der Waals surface area contributed by atoms with Crippen LogP contribution in [0, 0.1) is 0 Å². The van der Waals surface area contributed by atoms with E-state index in [0.29, 0.717) is 52.4 Å².